The summed E-state index contributed by atoms with van der Waals surface area (Å²) < 4.78 is 28.3. The Labute approximate surface area is 186 Å². The van der Waals surface area contributed by atoms with Gasteiger partial charge in [-0.1, -0.05) is 34.8 Å². The molecule has 0 spiro atoms. The van der Waals surface area contributed by atoms with Gasteiger partial charge in [0, 0.05) is 11.1 Å². The minimum atomic E-state index is -4.14. The normalized spacial score (nSPS) is 31.1. The van der Waals surface area contributed by atoms with Crippen LogP contribution in [0, 0.1) is 23.7 Å². The van der Waals surface area contributed by atoms with Crippen molar-refractivity contribution in [1.29, 1.82) is 0 Å². The van der Waals surface area contributed by atoms with E-state index in [0.29, 0.717) is 11.8 Å². The number of amides is 1. The molecule has 0 heterocycles. The molecule has 160 valence electrons. The fourth-order valence-corrected chi connectivity index (χ4v) is 8.64. The van der Waals surface area contributed by atoms with Gasteiger partial charge in [0.25, 0.3) is 0 Å². The Morgan fingerprint density at radius 2 is 1.45 bits per heavy atom. The first-order valence-corrected chi connectivity index (χ1v) is 12.6. The van der Waals surface area contributed by atoms with Crippen LogP contribution in [0.2, 0.25) is 15.1 Å². The van der Waals surface area contributed by atoms with E-state index < -0.39 is 15.6 Å². The molecule has 0 radical (unpaired) electrons. The predicted octanol–water partition coefficient (Wildman–Crippen LogP) is 4.64. The highest BCUT2D eigenvalue weighted by Gasteiger charge is 2.49. The van der Waals surface area contributed by atoms with Crippen molar-refractivity contribution in [3.63, 3.8) is 0 Å². The zero-order chi connectivity index (χ0) is 21.1. The highest BCUT2D eigenvalue weighted by Crippen LogP contribution is 2.53. The van der Waals surface area contributed by atoms with Crippen LogP contribution in [0.15, 0.2) is 17.0 Å². The number of carbonyl (C=O) groups is 1. The van der Waals surface area contributed by atoms with Gasteiger partial charge in [-0.15, -0.1) is 0 Å². The Morgan fingerprint density at radius 1 is 0.966 bits per heavy atom. The van der Waals surface area contributed by atoms with E-state index in [1.165, 1.54) is 44.2 Å². The summed E-state index contributed by atoms with van der Waals surface area (Å²) in [6.45, 7) is 3.10. The lowest BCUT2D eigenvalue weighted by Gasteiger charge is -2.54. The molecule has 1 aromatic rings. The summed E-state index contributed by atoms with van der Waals surface area (Å²) in [6, 6.07) is 2.75. The molecule has 4 saturated carbocycles. The molecule has 2 N–H and O–H groups in total. The van der Waals surface area contributed by atoms with Crippen molar-refractivity contribution in [2.24, 2.45) is 23.7 Å². The molecule has 5 nitrogen and oxygen atoms in total. The van der Waals surface area contributed by atoms with Gasteiger partial charge in [-0.25, -0.2) is 8.42 Å². The van der Waals surface area contributed by atoms with E-state index in [2.05, 4.69) is 10.0 Å². The quantitative estimate of drug-likeness (QED) is 0.646. The highest BCUT2D eigenvalue weighted by atomic mass is 35.5. The average Bonchev–Trinajstić information content (AvgIpc) is 2.54. The number of nitrogens with one attached hydrogen (secondary N) is 2. The Balaban J connectivity index is 1.50. The standard InChI is InChI=1S/C20H25Cl3N2O3S/c1-20(2,25-29(27,28)18-15(22)8-14(21)9-16(18)23)19(26)24-17-12-4-10-3-11(6-12)7-13(17)5-10/h8-13,17,25H,3-7H2,1-2H3,(H,24,26). The summed E-state index contributed by atoms with van der Waals surface area (Å²) in [5, 5.41) is 3.21. The number of hydrogen-bond donors (Lipinski definition) is 2. The van der Waals surface area contributed by atoms with E-state index in [9.17, 15) is 13.2 Å². The first-order chi connectivity index (χ1) is 13.5. The zero-order valence-corrected chi connectivity index (χ0v) is 19.4. The minimum Gasteiger partial charge on any atom is -0.351 e. The van der Waals surface area contributed by atoms with Gasteiger partial charge < -0.3 is 5.32 Å². The van der Waals surface area contributed by atoms with Crippen LogP contribution in [-0.4, -0.2) is 25.9 Å². The summed E-state index contributed by atoms with van der Waals surface area (Å²) in [5.41, 5.74) is -1.36. The predicted molar refractivity (Wildman–Crippen MR) is 115 cm³/mol. The summed E-state index contributed by atoms with van der Waals surface area (Å²) in [6.07, 6.45) is 6.00. The minimum absolute atomic E-state index is 0.0905. The SMILES string of the molecule is CC(C)(NS(=O)(=O)c1c(Cl)cc(Cl)cc1Cl)C(=O)NC1C2CC3CC(C2)CC1C3. The van der Waals surface area contributed by atoms with Crippen molar-refractivity contribution in [2.75, 3.05) is 0 Å². The van der Waals surface area contributed by atoms with Crippen molar-refractivity contribution in [3.05, 3.63) is 27.2 Å². The summed E-state index contributed by atoms with van der Waals surface area (Å²) >= 11 is 18.0. The van der Waals surface area contributed by atoms with Crippen LogP contribution in [0.3, 0.4) is 0 Å². The molecule has 1 aromatic carbocycles. The van der Waals surface area contributed by atoms with Gasteiger partial charge in [-0.3, -0.25) is 4.79 Å². The van der Waals surface area contributed by atoms with E-state index in [4.69, 9.17) is 34.8 Å². The third-order valence-electron chi connectivity index (χ3n) is 6.71. The maximum absolute atomic E-state index is 13.1. The van der Waals surface area contributed by atoms with Crippen molar-refractivity contribution in [2.45, 2.75) is 62.4 Å². The Kier molecular flexibility index (Phi) is 5.65. The number of sulfonamides is 1. The lowest BCUT2D eigenvalue weighted by molar-refractivity contribution is -0.129. The lowest BCUT2D eigenvalue weighted by Crippen LogP contribution is -2.62. The van der Waals surface area contributed by atoms with Crippen LogP contribution in [-0.2, 0) is 14.8 Å². The van der Waals surface area contributed by atoms with Crippen molar-refractivity contribution >= 4 is 50.7 Å². The maximum Gasteiger partial charge on any atom is 0.244 e. The molecule has 29 heavy (non-hydrogen) atoms. The smallest absolute Gasteiger partial charge is 0.244 e. The molecule has 0 aromatic heterocycles. The van der Waals surface area contributed by atoms with Gasteiger partial charge in [0.15, 0.2) is 0 Å². The van der Waals surface area contributed by atoms with Crippen LogP contribution < -0.4 is 10.0 Å². The topological polar surface area (TPSA) is 75.3 Å². The molecule has 1 amide bonds. The van der Waals surface area contributed by atoms with Crippen molar-refractivity contribution < 1.29 is 13.2 Å². The number of hydrogen-bond acceptors (Lipinski definition) is 3. The Hall–Kier alpha value is -0.530. The first kappa shape index (κ1) is 21.7. The molecular weight excluding hydrogens is 455 g/mol. The van der Waals surface area contributed by atoms with Gasteiger partial charge in [-0.05, 0) is 81.8 Å². The first-order valence-electron chi connectivity index (χ1n) is 9.96. The zero-order valence-electron chi connectivity index (χ0n) is 16.3. The van der Waals surface area contributed by atoms with Gasteiger partial charge >= 0.3 is 0 Å². The van der Waals surface area contributed by atoms with E-state index in [0.717, 1.165) is 11.8 Å². The number of halogens is 3. The fraction of sp³-hybridized carbons (Fsp3) is 0.650. The van der Waals surface area contributed by atoms with Crippen LogP contribution in [0.25, 0.3) is 0 Å². The van der Waals surface area contributed by atoms with Gasteiger partial charge in [0.2, 0.25) is 15.9 Å². The largest absolute Gasteiger partial charge is 0.351 e. The Morgan fingerprint density at radius 3 is 1.93 bits per heavy atom. The van der Waals surface area contributed by atoms with E-state index in [-0.39, 0.29) is 31.9 Å². The van der Waals surface area contributed by atoms with Crippen LogP contribution in [0.1, 0.15) is 46.0 Å². The molecule has 0 aliphatic heterocycles. The third kappa shape index (κ3) is 4.16. The molecule has 0 atom stereocenters. The molecule has 0 saturated heterocycles. The highest BCUT2D eigenvalue weighted by molar-refractivity contribution is 7.89. The molecule has 4 aliphatic rings. The van der Waals surface area contributed by atoms with Crippen LogP contribution in [0.4, 0.5) is 0 Å². The third-order valence-corrected chi connectivity index (χ3v) is 9.51. The fourth-order valence-electron chi connectivity index (χ4n) is 5.71. The van der Waals surface area contributed by atoms with E-state index in [1.54, 1.807) is 13.8 Å². The van der Waals surface area contributed by atoms with Crippen molar-refractivity contribution in [3.8, 4) is 0 Å². The summed E-state index contributed by atoms with van der Waals surface area (Å²) in [7, 11) is -4.14. The van der Waals surface area contributed by atoms with Crippen LogP contribution in [0.5, 0.6) is 0 Å². The monoisotopic (exact) mass is 478 g/mol. The van der Waals surface area contributed by atoms with Crippen molar-refractivity contribution in [1.82, 2.24) is 10.0 Å². The second kappa shape index (κ2) is 7.56. The van der Waals surface area contributed by atoms with Crippen LogP contribution >= 0.6 is 34.8 Å². The number of benzene rings is 1. The molecule has 4 aliphatic carbocycles. The molecule has 9 heteroatoms. The summed E-state index contributed by atoms with van der Waals surface area (Å²) in [4.78, 5) is 12.8. The molecular formula is C20H25Cl3N2O3S. The second-order valence-corrected chi connectivity index (χ2v) is 12.2. The van der Waals surface area contributed by atoms with Gasteiger partial charge in [0.1, 0.15) is 10.4 Å². The molecule has 4 fully saturated rings. The number of carbonyl (C=O) groups excluding carboxylic acids is 1. The van der Waals surface area contributed by atoms with E-state index in [1.807, 2.05) is 0 Å². The Bertz CT molecular complexity index is 897. The lowest BCUT2D eigenvalue weighted by atomic mass is 9.54. The summed E-state index contributed by atoms with van der Waals surface area (Å²) in [5.74, 6) is 2.27. The second-order valence-electron chi connectivity index (χ2n) is 9.36. The van der Waals surface area contributed by atoms with E-state index >= 15 is 0 Å². The maximum atomic E-state index is 13.1. The molecule has 4 bridgehead atoms. The number of rotatable bonds is 5. The van der Waals surface area contributed by atoms with Gasteiger partial charge in [-0.2, -0.15) is 4.72 Å². The molecule has 5 rings (SSSR count). The van der Waals surface area contributed by atoms with Gasteiger partial charge in [0.05, 0.1) is 10.0 Å². The molecule has 0 unspecified atom stereocenters. The average molecular weight is 480 g/mol.